The molecule has 0 spiro atoms. The molecule has 0 saturated heterocycles. The van der Waals surface area contributed by atoms with Crippen LogP contribution in [0.5, 0.6) is 11.6 Å². The summed E-state index contributed by atoms with van der Waals surface area (Å²) in [5.41, 5.74) is 6.38. The number of ether oxygens (including phenoxy) is 1. The molecule has 158 valence electrons. The molecule has 0 fully saturated rings. The maximum atomic E-state index is 14.6. The van der Waals surface area contributed by atoms with E-state index in [1.54, 1.807) is 6.07 Å². The Morgan fingerprint density at radius 1 is 1.10 bits per heavy atom. The number of pyridine rings is 1. The molecule has 1 aromatic heterocycles. The Bertz CT molecular complexity index is 779. The Kier molecular flexibility index (Phi) is 8.58. The summed E-state index contributed by atoms with van der Waals surface area (Å²) in [5.74, 6) is 0.575. The predicted octanol–water partition coefficient (Wildman–Crippen LogP) is 5.01. The lowest BCUT2D eigenvalue weighted by Gasteiger charge is -2.24. The Morgan fingerprint density at radius 2 is 1.76 bits per heavy atom. The molecule has 29 heavy (non-hydrogen) atoms. The van der Waals surface area contributed by atoms with Gasteiger partial charge in [-0.05, 0) is 61.5 Å². The molecular weight excluding hydrogens is 369 g/mol. The number of benzene rings is 1. The van der Waals surface area contributed by atoms with E-state index in [4.69, 9.17) is 10.5 Å². The fraction of sp³-hybridized carbons (Fsp3) is 0.478. The normalized spacial score (nSPS) is 11.4. The van der Waals surface area contributed by atoms with Crippen molar-refractivity contribution in [2.24, 2.45) is 17.6 Å². The molecule has 5 nitrogen and oxygen atoms in total. The van der Waals surface area contributed by atoms with Gasteiger partial charge in [-0.15, -0.1) is 0 Å². The lowest BCUT2D eigenvalue weighted by molar-refractivity contribution is 0.1000. The molecule has 0 radical (unpaired) electrons. The molecule has 0 unspecified atom stereocenters. The van der Waals surface area contributed by atoms with E-state index < -0.39 is 11.7 Å². The third-order valence-electron chi connectivity index (χ3n) is 4.68. The van der Waals surface area contributed by atoms with Crippen LogP contribution in [0.2, 0.25) is 0 Å². The lowest BCUT2D eigenvalue weighted by Crippen LogP contribution is -2.27. The topological polar surface area (TPSA) is 68.5 Å². The average Bonchev–Trinajstić information content (AvgIpc) is 2.66. The molecular formula is C23H32FN3O2. The molecule has 0 bridgehead atoms. The second-order valence-corrected chi connectivity index (χ2v) is 8.26. The molecule has 2 N–H and O–H groups in total. The fourth-order valence-corrected chi connectivity index (χ4v) is 2.83. The molecule has 1 heterocycles. The van der Waals surface area contributed by atoms with E-state index in [0.29, 0.717) is 18.4 Å². The fourth-order valence-electron chi connectivity index (χ4n) is 2.83. The van der Waals surface area contributed by atoms with Crippen molar-refractivity contribution in [2.75, 3.05) is 13.1 Å². The highest BCUT2D eigenvalue weighted by Crippen LogP contribution is 2.25. The highest BCUT2D eigenvalue weighted by molar-refractivity contribution is 5.92. The van der Waals surface area contributed by atoms with Crippen LogP contribution in [0.15, 0.2) is 36.5 Å². The standard InChI is InChI=1S/C23H32FN3O2/c1-16(2)9-11-27(12-10-17(3)4)15-18-5-7-21(20(24)13-18)29-22-8-6-19(14-26-22)23(25)28/h5-8,13-14,16-17H,9-12,15H2,1-4H3,(H2,25,28). The van der Waals surface area contributed by atoms with Gasteiger partial charge in [-0.25, -0.2) is 9.37 Å². The van der Waals surface area contributed by atoms with Gasteiger partial charge >= 0.3 is 0 Å². The first-order valence-corrected chi connectivity index (χ1v) is 10.2. The van der Waals surface area contributed by atoms with Gasteiger partial charge in [0.1, 0.15) is 0 Å². The lowest BCUT2D eigenvalue weighted by atomic mass is 10.1. The minimum Gasteiger partial charge on any atom is -0.436 e. The van der Waals surface area contributed by atoms with Crippen LogP contribution in [0, 0.1) is 17.7 Å². The molecule has 1 amide bonds. The second kappa shape index (κ2) is 10.9. The number of carbonyl (C=O) groups is 1. The first-order valence-electron chi connectivity index (χ1n) is 10.2. The van der Waals surface area contributed by atoms with Gasteiger partial charge in [0.25, 0.3) is 0 Å². The summed E-state index contributed by atoms with van der Waals surface area (Å²) in [7, 11) is 0. The third kappa shape index (κ3) is 7.81. The average molecular weight is 402 g/mol. The van der Waals surface area contributed by atoms with Crippen LogP contribution in [0.25, 0.3) is 0 Å². The highest BCUT2D eigenvalue weighted by atomic mass is 19.1. The first-order chi connectivity index (χ1) is 13.7. The first kappa shape index (κ1) is 22.8. The summed E-state index contributed by atoms with van der Waals surface area (Å²) < 4.78 is 20.1. The van der Waals surface area contributed by atoms with E-state index in [-0.39, 0.29) is 17.2 Å². The summed E-state index contributed by atoms with van der Waals surface area (Å²) in [4.78, 5) is 17.5. The van der Waals surface area contributed by atoms with Gasteiger partial charge in [-0.1, -0.05) is 33.8 Å². The van der Waals surface area contributed by atoms with Gasteiger partial charge in [0.15, 0.2) is 11.6 Å². The Balaban J connectivity index is 2.04. The van der Waals surface area contributed by atoms with Crippen molar-refractivity contribution >= 4 is 5.91 Å². The van der Waals surface area contributed by atoms with Crippen molar-refractivity contribution in [1.29, 1.82) is 0 Å². The number of rotatable bonds is 11. The molecule has 2 rings (SSSR count). The van der Waals surface area contributed by atoms with Crippen molar-refractivity contribution in [2.45, 2.75) is 47.1 Å². The van der Waals surface area contributed by atoms with E-state index in [2.05, 4.69) is 37.6 Å². The van der Waals surface area contributed by atoms with E-state index >= 15 is 0 Å². The van der Waals surface area contributed by atoms with Gasteiger partial charge < -0.3 is 10.5 Å². The van der Waals surface area contributed by atoms with Crippen molar-refractivity contribution in [3.63, 3.8) is 0 Å². The van der Waals surface area contributed by atoms with Crippen LogP contribution in [0.4, 0.5) is 4.39 Å². The van der Waals surface area contributed by atoms with E-state index in [1.165, 1.54) is 24.4 Å². The Hall–Kier alpha value is -2.47. The number of carbonyl (C=O) groups excluding carboxylic acids is 1. The van der Waals surface area contributed by atoms with Gasteiger partial charge in [0.2, 0.25) is 11.8 Å². The number of nitrogens with two attached hydrogens (primary N) is 1. The molecule has 0 atom stereocenters. The van der Waals surface area contributed by atoms with E-state index in [9.17, 15) is 9.18 Å². The summed E-state index contributed by atoms with van der Waals surface area (Å²) >= 11 is 0. The van der Waals surface area contributed by atoms with Crippen LogP contribution < -0.4 is 10.5 Å². The van der Waals surface area contributed by atoms with Crippen molar-refractivity contribution in [3.05, 3.63) is 53.5 Å². The maximum absolute atomic E-state index is 14.6. The van der Waals surface area contributed by atoms with Gasteiger partial charge in [-0.3, -0.25) is 9.69 Å². The van der Waals surface area contributed by atoms with Crippen LogP contribution in [0.3, 0.4) is 0 Å². The number of hydrogen-bond acceptors (Lipinski definition) is 4. The van der Waals surface area contributed by atoms with Crippen molar-refractivity contribution in [3.8, 4) is 11.6 Å². The monoisotopic (exact) mass is 401 g/mol. The molecule has 1 aromatic carbocycles. The van der Waals surface area contributed by atoms with Gasteiger partial charge in [0.05, 0.1) is 5.56 Å². The number of nitrogens with zero attached hydrogens (tertiary/aromatic N) is 2. The maximum Gasteiger partial charge on any atom is 0.250 e. The highest BCUT2D eigenvalue weighted by Gasteiger charge is 2.12. The Morgan fingerprint density at radius 3 is 2.24 bits per heavy atom. The Labute approximate surface area is 173 Å². The van der Waals surface area contributed by atoms with Gasteiger partial charge in [0, 0.05) is 18.8 Å². The molecule has 0 saturated carbocycles. The largest absolute Gasteiger partial charge is 0.436 e. The summed E-state index contributed by atoms with van der Waals surface area (Å²) in [6, 6.07) is 8.02. The number of aromatic nitrogens is 1. The van der Waals surface area contributed by atoms with Crippen molar-refractivity contribution < 1.29 is 13.9 Å². The summed E-state index contributed by atoms with van der Waals surface area (Å²) in [6.07, 6.45) is 3.55. The molecule has 0 aliphatic rings. The minimum atomic E-state index is -0.570. The number of halogens is 1. The SMILES string of the molecule is CC(C)CCN(CCC(C)C)Cc1ccc(Oc2ccc(C(N)=O)cn2)c(F)c1. The van der Waals surface area contributed by atoms with E-state index in [0.717, 1.165) is 31.5 Å². The zero-order chi connectivity index (χ0) is 21.4. The zero-order valence-corrected chi connectivity index (χ0v) is 17.8. The second-order valence-electron chi connectivity index (χ2n) is 8.26. The van der Waals surface area contributed by atoms with Crippen LogP contribution in [-0.2, 0) is 6.54 Å². The summed E-state index contributed by atoms with van der Waals surface area (Å²) in [5, 5.41) is 0. The van der Waals surface area contributed by atoms with E-state index in [1.807, 2.05) is 6.07 Å². The number of primary amides is 1. The minimum absolute atomic E-state index is 0.101. The van der Waals surface area contributed by atoms with Crippen LogP contribution in [-0.4, -0.2) is 28.9 Å². The number of amides is 1. The predicted molar refractivity (Wildman–Crippen MR) is 113 cm³/mol. The zero-order valence-electron chi connectivity index (χ0n) is 17.8. The third-order valence-corrected chi connectivity index (χ3v) is 4.68. The summed E-state index contributed by atoms with van der Waals surface area (Å²) in [6.45, 7) is 11.6. The smallest absolute Gasteiger partial charge is 0.250 e. The quantitative estimate of drug-likeness (QED) is 0.575. The molecule has 2 aromatic rings. The van der Waals surface area contributed by atoms with Gasteiger partial charge in [-0.2, -0.15) is 0 Å². The van der Waals surface area contributed by atoms with Crippen LogP contribution in [0.1, 0.15) is 56.5 Å². The van der Waals surface area contributed by atoms with Crippen LogP contribution >= 0.6 is 0 Å². The number of hydrogen-bond donors (Lipinski definition) is 1. The molecule has 6 heteroatoms. The molecule has 0 aliphatic heterocycles. The van der Waals surface area contributed by atoms with Crippen molar-refractivity contribution in [1.82, 2.24) is 9.88 Å². The molecule has 0 aliphatic carbocycles.